The molecular formula is C7H14N2O3. The van der Waals surface area contributed by atoms with Gasteiger partial charge in [-0.1, -0.05) is 0 Å². The predicted octanol–water partition coefficient (Wildman–Crippen LogP) is -0.858. The molecule has 0 saturated carbocycles. The van der Waals surface area contributed by atoms with Crippen molar-refractivity contribution >= 4 is 11.9 Å². The Morgan fingerprint density at radius 2 is 2.00 bits per heavy atom. The summed E-state index contributed by atoms with van der Waals surface area (Å²) in [5, 5.41) is 0. The molecule has 12 heavy (non-hydrogen) atoms. The number of hydrogen-bond acceptors (Lipinski definition) is 4. The Bertz CT molecular complexity index is 189. The predicted molar refractivity (Wildman–Crippen MR) is 43.0 cm³/mol. The van der Waals surface area contributed by atoms with E-state index in [1.165, 1.54) is 6.92 Å². The minimum absolute atomic E-state index is 0.203. The second kappa shape index (κ2) is 4.06. The molecule has 0 saturated heterocycles. The Kier molecular flexibility index (Phi) is 3.69. The molecule has 0 heterocycles. The van der Waals surface area contributed by atoms with Gasteiger partial charge < -0.3 is 16.2 Å². The van der Waals surface area contributed by atoms with E-state index in [-0.39, 0.29) is 13.0 Å². The molecule has 1 amide bonds. The molecule has 0 aromatic heterocycles. The number of nitrogens with two attached hydrogens (primary N) is 2. The summed E-state index contributed by atoms with van der Waals surface area (Å²) in [6.45, 7) is 3.32. The summed E-state index contributed by atoms with van der Waals surface area (Å²) in [7, 11) is 0. The molecule has 5 heteroatoms. The average molecular weight is 174 g/mol. The van der Waals surface area contributed by atoms with E-state index in [2.05, 4.69) is 4.74 Å². The largest absolute Gasteiger partial charge is 0.465 e. The fraction of sp³-hybridized carbons (Fsp3) is 0.714. The van der Waals surface area contributed by atoms with Crippen molar-refractivity contribution in [2.24, 2.45) is 11.5 Å². The number of amides is 1. The minimum Gasteiger partial charge on any atom is -0.465 e. The minimum atomic E-state index is -1.30. The van der Waals surface area contributed by atoms with Crippen molar-refractivity contribution in [1.82, 2.24) is 0 Å². The van der Waals surface area contributed by atoms with Crippen LogP contribution in [-0.2, 0) is 14.3 Å². The van der Waals surface area contributed by atoms with Gasteiger partial charge in [-0.05, 0) is 13.8 Å². The Morgan fingerprint density at radius 3 is 2.33 bits per heavy atom. The molecule has 0 aromatic rings. The molecule has 5 nitrogen and oxygen atoms in total. The summed E-state index contributed by atoms with van der Waals surface area (Å²) < 4.78 is 4.64. The lowest BCUT2D eigenvalue weighted by Crippen LogP contribution is -2.48. The maximum Gasteiger partial charge on any atom is 0.326 e. The van der Waals surface area contributed by atoms with Crippen molar-refractivity contribution in [1.29, 1.82) is 0 Å². The van der Waals surface area contributed by atoms with Gasteiger partial charge in [-0.2, -0.15) is 0 Å². The smallest absolute Gasteiger partial charge is 0.326 e. The van der Waals surface area contributed by atoms with Crippen LogP contribution in [0, 0.1) is 0 Å². The lowest BCUT2D eigenvalue weighted by atomic mass is 9.99. The van der Waals surface area contributed by atoms with E-state index in [0.29, 0.717) is 0 Å². The van der Waals surface area contributed by atoms with Gasteiger partial charge in [0.25, 0.3) is 0 Å². The highest BCUT2D eigenvalue weighted by Gasteiger charge is 2.31. The second-order valence-electron chi connectivity index (χ2n) is 2.78. The molecule has 1 unspecified atom stereocenters. The second-order valence-corrected chi connectivity index (χ2v) is 2.78. The van der Waals surface area contributed by atoms with Gasteiger partial charge in [0.1, 0.15) is 5.54 Å². The van der Waals surface area contributed by atoms with Gasteiger partial charge in [0, 0.05) is 0 Å². The van der Waals surface area contributed by atoms with E-state index in [9.17, 15) is 9.59 Å². The first-order valence-electron chi connectivity index (χ1n) is 3.64. The molecule has 0 radical (unpaired) electrons. The third kappa shape index (κ3) is 3.34. The first kappa shape index (κ1) is 10.9. The highest BCUT2D eigenvalue weighted by atomic mass is 16.5. The van der Waals surface area contributed by atoms with E-state index in [4.69, 9.17) is 11.5 Å². The van der Waals surface area contributed by atoms with Crippen molar-refractivity contribution in [3.8, 4) is 0 Å². The van der Waals surface area contributed by atoms with Gasteiger partial charge in [-0.25, -0.2) is 0 Å². The summed E-state index contributed by atoms with van der Waals surface area (Å²) >= 11 is 0. The van der Waals surface area contributed by atoms with Crippen LogP contribution in [0.4, 0.5) is 0 Å². The van der Waals surface area contributed by atoms with E-state index in [1.54, 1.807) is 6.92 Å². The molecule has 0 aliphatic carbocycles. The molecule has 70 valence electrons. The average Bonchev–Trinajstić information content (AvgIpc) is 1.85. The third-order valence-electron chi connectivity index (χ3n) is 1.28. The van der Waals surface area contributed by atoms with Crippen LogP contribution in [-0.4, -0.2) is 24.0 Å². The number of rotatable bonds is 4. The molecular weight excluding hydrogens is 160 g/mol. The van der Waals surface area contributed by atoms with Gasteiger partial charge in [-0.3, -0.25) is 9.59 Å². The third-order valence-corrected chi connectivity index (χ3v) is 1.28. The Hall–Kier alpha value is -1.10. The number of hydrogen-bond donors (Lipinski definition) is 2. The van der Waals surface area contributed by atoms with E-state index < -0.39 is 17.4 Å². The summed E-state index contributed by atoms with van der Waals surface area (Å²) in [5.74, 6) is -1.23. The standard InChI is InChI=1S/C7H14N2O3/c1-3-12-6(11)7(2,9)4-5(8)10/h3-4,9H2,1-2H3,(H2,8,10). The van der Waals surface area contributed by atoms with E-state index in [1.807, 2.05) is 0 Å². The number of esters is 1. The SMILES string of the molecule is CCOC(=O)C(C)(N)CC(N)=O. The van der Waals surface area contributed by atoms with Crippen molar-refractivity contribution in [3.05, 3.63) is 0 Å². The lowest BCUT2D eigenvalue weighted by molar-refractivity contribution is -0.150. The number of primary amides is 1. The number of ether oxygens (including phenoxy) is 1. The Labute approximate surface area is 71.0 Å². The van der Waals surface area contributed by atoms with Crippen LogP contribution in [0.2, 0.25) is 0 Å². The first-order chi connectivity index (χ1) is 5.40. The maximum absolute atomic E-state index is 11.0. The van der Waals surface area contributed by atoms with Crippen molar-refractivity contribution < 1.29 is 14.3 Å². The van der Waals surface area contributed by atoms with Gasteiger partial charge in [0.05, 0.1) is 13.0 Å². The molecule has 0 fully saturated rings. The number of carbonyl (C=O) groups is 2. The highest BCUT2D eigenvalue weighted by Crippen LogP contribution is 2.07. The van der Waals surface area contributed by atoms with Crippen LogP contribution in [0.3, 0.4) is 0 Å². The van der Waals surface area contributed by atoms with Crippen molar-refractivity contribution in [2.45, 2.75) is 25.8 Å². The molecule has 0 spiro atoms. The molecule has 0 aromatic carbocycles. The Morgan fingerprint density at radius 1 is 1.50 bits per heavy atom. The van der Waals surface area contributed by atoms with E-state index >= 15 is 0 Å². The van der Waals surface area contributed by atoms with Gasteiger partial charge in [0.15, 0.2) is 0 Å². The normalized spacial score (nSPS) is 14.9. The summed E-state index contributed by atoms with van der Waals surface area (Å²) in [6.07, 6.45) is -0.203. The van der Waals surface area contributed by atoms with Crippen LogP contribution in [0.25, 0.3) is 0 Å². The van der Waals surface area contributed by atoms with Crippen molar-refractivity contribution in [2.75, 3.05) is 6.61 Å². The van der Waals surface area contributed by atoms with Crippen LogP contribution < -0.4 is 11.5 Å². The highest BCUT2D eigenvalue weighted by molar-refractivity contribution is 5.87. The zero-order valence-electron chi connectivity index (χ0n) is 7.29. The fourth-order valence-corrected chi connectivity index (χ4v) is 0.730. The van der Waals surface area contributed by atoms with Gasteiger partial charge in [-0.15, -0.1) is 0 Å². The molecule has 1 atom stereocenters. The monoisotopic (exact) mass is 174 g/mol. The van der Waals surface area contributed by atoms with Gasteiger partial charge in [0.2, 0.25) is 5.91 Å². The number of carbonyl (C=O) groups excluding carboxylic acids is 2. The van der Waals surface area contributed by atoms with Crippen LogP contribution in [0.1, 0.15) is 20.3 Å². The fourth-order valence-electron chi connectivity index (χ4n) is 0.730. The summed E-state index contributed by atoms with van der Waals surface area (Å²) in [5.41, 5.74) is 9.05. The summed E-state index contributed by atoms with van der Waals surface area (Å²) in [4.78, 5) is 21.5. The quantitative estimate of drug-likeness (QED) is 0.542. The van der Waals surface area contributed by atoms with Gasteiger partial charge >= 0.3 is 5.97 Å². The van der Waals surface area contributed by atoms with E-state index in [0.717, 1.165) is 0 Å². The molecule has 0 rings (SSSR count). The zero-order chi connectivity index (χ0) is 9.78. The molecule has 4 N–H and O–H groups in total. The molecule has 0 bridgehead atoms. The molecule has 0 aliphatic heterocycles. The van der Waals surface area contributed by atoms with Crippen LogP contribution in [0.5, 0.6) is 0 Å². The van der Waals surface area contributed by atoms with Crippen LogP contribution >= 0.6 is 0 Å². The summed E-state index contributed by atoms with van der Waals surface area (Å²) in [6, 6.07) is 0. The maximum atomic E-state index is 11.0. The first-order valence-corrected chi connectivity index (χ1v) is 3.64. The topological polar surface area (TPSA) is 95.4 Å². The Balaban J connectivity index is 4.18. The van der Waals surface area contributed by atoms with Crippen molar-refractivity contribution in [3.63, 3.8) is 0 Å². The lowest BCUT2D eigenvalue weighted by Gasteiger charge is -2.19. The van der Waals surface area contributed by atoms with Crippen LogP contribution in [0.15, 0.2) is 0 Å². The molecule has 0 aliphatic rings. The zero-order valence-corrected chi connectivity index (χ0v) is 7.29.